The molecule has 4 rings (SSSR count). The Balaban J connectivity index is 1.94. The average Bonchev–Trinajstić information content (AvgIpc) is 2.81. The second kappa shape index (κ2) is 9.81. The van der Waals surface area contributed by atoms with Crippen molar-refractivity contribution >= 4 is 0 Å². The first-order valence-corrected chi connectivity index (χ1v) is 12.2. The summed E-state index contributed by atoms with van der Waals surface area (Å²) in [5.41, 5.74) is 3.32. The zero-order chi connectivity index (χ0) is 25.5. The molecule has 1 saturated heterocycles. The Morgan fingerprint density at radius 2 is 1.77 bits per heavy atom. The molecule has 0 radical (unpaired) electrons. The van der Waals surface area contributed by atoms with E-state index in [2.05, 4.69) is 13.8 Å². The molecule has 8 heteroatoms. The highest BCUT2D eigenvalue weighted by Gasteiger charge is 2.42. The Hall–Kier alpha value is -2.00. The molecule has 192 valence electrons. The smallest absolute Gasteiger partial charge is 0.416 e. The summed E-state index contributed by atoms with van der Waals surface area (Å²) in [5, 5.41) is 20.7. The first-order valence-electron chi connectivity index (χ1n) is 12.2. The lowest BCUT2D eigenvalue weighted by Crippen LogP contribution is -2.31. The molecular weight excluding hydrogens is 459 g/mol. The SMILES string of the molecule is COC(C)c1nc2c(c(C3CCOCC3)c1[C@H](O)c1ccc(C(F)(F)F)cc1)[C@@H]([OH2+])CC(C)(C)C2. The molecule has 35 heavy (non-hydrogen) atoms. The molecule has 2 heterocycles. The number of hydrogen-bond acceptors (Lipinski definition) is 4. The van der Waals surface area contributed by atoms with Crippen molar-refractivity contribution in [3.8, 4) is 0 Å². The summed E-state index contributed by atoms with van der Waals surface area (Å²) >= 11 is 0. The average molecular weight is 495 g/mol. The van der Waals surface area contributed by atoms with E-state index >= 15 is 0 Å². The minimum atomic E-state index is -4.45. The van der Waals surface area contributed by atoms with E-state index in [4.69, 9.17) is 19.6 Å². The van der Waals surface area contributed by atoms with Gasteiger partial charge in [0.05, 0.1) is 28.6 Å². The molecule has 1 aliphatic carbocycles. The van der Waals surface area contributed by atoms with Gasteiger partial charge in [-0.25, -0.2) is 0 Å². The Kier molecular flexibility index (Phi) is 7.31. The first kappa shape index (κ1) is 26.1. The number of nitrogens with zero attached hydrogens (tertiary/aromatic N) is 1. The zero-order valence-corrected chi connectivity index (χ0v) is 20.7. The molecule has 3 N–H and O–H groups in total. The summed E-state index contributed by atoms with van der Waals surface area (Å²) in [4.78, 5) is 4.97. The molecule has 0 saturated carbocycles. The summed E-state index contributed by atoms with van der Waals surface area (Å²) < 4.78 is 50.7. The number of hydrogen-bond donors (Lipinski definition) is 1. The van der Waals surface area contributed by atoms with Crippen molar-refractivity contribution in [1.29, 1.82) is 0 Å². The van der Waals surface area contributed by atoms with Crippen LogP contribution in [0.1, 0.15) is 103 Å². The number of ether oxygens (including phenoxy) is 2. The van der Waals surface area contributed by atoms with Crippen LogP contribution in [0.3, 0.4) is 0 Å². The van der Waals surface area contributed by atoms with Crippen LogP contribution in [0.5, 0.6) is 0 Å². The molecule has 1 aromatic carbocycles. The first-order chi connectivity index (χ1) is 16.4. The van der Waals surface area contributed by atoms with Crippen LogP contribution in [0.4, 0.5) is 13.2 Å². The molecule has 0 bridgehead atoms. The van der Waals surface area contributed by atoms with Crippen LogP contribution in [0, 0.1) is 5.41 Å². The molecule has 5 nitrogen and oxygen atoms in total. The molecule has 1 fully saturated rings. The van der Waals surface area contributed by atoms with Crippen molar-refractivity contribution in [3.63, 3.8) is 0 Å². The third-order valence-corrected chi connectivity index (χ3v) is 7.37. The van der Waals surface area contributed by atoms with Crippen LogP contribution in [0.2, 0.25) is 0 Å². The van der Waals surface area contributed by atoms with Gasteiger partial charge < -0.3 is 19.7 Å². The van der Waals surface area contributed by atoms with Crippen LogP contribution in [0.25, 0.3) is 0 Å². The van der Waals surface area contributed by atoms with Crippen LogP contribution in [-0.2, 0) is 22.1 Å². The fourth-order valence-electron chi connectivity index (χ4n) is 5.56. The Morgan fingerprint density at radius 1 is 1.14 bits per heavy atom. The van der Waals surface area contributed by atoms with Gasteiger partial charge in [-0.15, -0.1) is 0 Å². The van der Waals surface area contributed by atoms with E-state index in [1.54, 1.807) is 7.11 Å². The number of pyridine rings is 1. The Bertz CT molecular complexity index is 1050. The maximum absolute atomic E-state index is 13.1. The van der Waals surface area contributed by atoms with Gasteiger partial charge in [0, 0.05) is 32.3 Å². The highest BCUT2D eigenvalue weighted by atomic mass is 19.4. The highest BCUT2D eigenvalue weighted by Crippen LogP contribution is 2.48. The van der Waals surface area contributed by atoms with Gasteiger partial charge in [0.2, 0.25) is 0 Å². The third-order valence-electron chi connectivity index (χ3n) is 7.37. The maximum atomic E-state index is 13.1. The molecule has 3 atom stereocenters. The lowest BCUT2D eigenvalue weighted by Gasteiger charge is -2.38. The quantitative estimate of drug-likeness (QED) is 0.556. The van der Waals surface area contributed by atoms with Gasteiger partial charge in [-0.1, -0.05) is 26.0 Å². The van der Waals surface area contributed by atoms with Crippen molar-refractivity contribution in [2.75, 3.05) is 20.3 Å². The van der Waals surface area contributed by atoms with Crippen LogP contribution in [-0.4, -0.2) is 35.5 Å². The second-order valence-corrected chi connectivity index (χ2v) is 10.6. The number of benzene rings is 1. The monoisotopic (exact) mass is 494 g/mol. The zero-order valence-electron chi connectivity index (χ0n) is 20.7. The van der Waals surface area contributed by atoms with E-state index < -0.39 is 30.1 Å². The molecule has 1 aromatic heterocycles. The number of aliphatic hydroxyl groups is 1. The number of aliphatic hydroxyl groups excluding tert-OH is 1. The number of fused-ring (bicyclic) bond motifs is 1. The van der Waals surface area contributed by atoms with Crippen molar-refractivity contribution in [2.24, 2.45) is 5.41 Å². The number of methoxy groups -OCH3 is 1. The standard InChI is InChI=1S/C27H34F3NO4/c1-15(34-4)24-23(25(33)17-5-7-18(8-6-17)27(28,29)30)21(16-9-11-35-12-10-16)22-19(31-24)13-26(2,3)14-20(22)32/h5-8,15-16,20,25,32-33H,9-14H2,1-4H3/p+1/t15?,20-,25+/m0/s1. The van der Waals surface area contributed by atoms with E-state index in [0.717, 1.165) is 41.8 Å². The number of rotatable bonds is 5. The summed E-state index contributed by atoms with van der Waals surface area (Å²) in [6.07, 6.45) is -3.69. The van der Waals surface area contributed by atoms with E-state index in [1.165, 1.54) is 12.1 Å². The van der Waals surface area contributed by atoms with Gasteiger partial charge in [0.25, 0.3) is 0 Å². The Morgan fingerprint density at radius 3 is 2.34 bits per heavy atom. The maximum Gasteiger partial charge on any atom is 0.416 e. The predicted molar refractivity (Wildman–Crippen MR) is 126 cm³/mol. The third kappa shape index (κ3) is 5.26. The van der Waals surface area contributed by atoms with E-state index in [-0.39, 0.29) is 11.3 Å². The summed E-state index contributed by atoms with van der Waals surface area (Å²) in [6, 6.07) is 4.63. The summed E-state index contributed by atoms with van der Waals surface area (Å²) in [6.45, 7) is 7.30. The van der Waals surface area contributed by atoms with Crippen molar-refractivity contribution in [2.45, 2.75) is 76.9 Å². The van der Waals surface area contributed by atoms with Gasteiger partial charge in [0.1, 0.15) is 6.10 Å². The van der Waals surface area contributed by atoms with Crippen LogP contribution < -0.4 is 0 Å². The topological polar surface area (TPSA) is 74.5 Å². The molecule has 2 aromatic rings. The second-order valence-electron chi connectivity index (χ2n) is 10.6. The predicted octanol–water partition coefficient (Wildman–Crippen LogP) is 5.52. The van der Waals surface area contributed by atoms with Crippen LogP contribution >= 0.6 is 0 Å². The summed E-state index contributed by atoms with van der Waals surface area (Å²) in [7, 11) is 1.57. The van der Waals surface area contributed by atoms with Gasteiger partial charge in [0.15, 0.2) is 6.10 Å². The number of halogens is 3. The molecule has 0 amide bonds. The fourth-order valence-corrected chi connectivity index (χ4v) is 5.56. The molecular formula is C27H35F3NO4+. The molecule has 1 unspecified atom stereocenters. The van der Waals surface area contributed by atoms with Gasteiger partial charge in [-0.2, -0.15) is 13.2 Å². The van der Waals surface area contributed by atoms with E-state index in [9.17, 15) is 18.3 Å². The molecule has 2 aliphatic rings. The van der Waals surface area contributed by atoms with Crippen molar-refractivity contribution in [3.05, 3.63) is 63.5 Å². The van der Waals surface area contributed by atoms with E-state index in [0.29, 0.717) is 42.9 Å². The lowest BCUT2D eigenvalue weighted by atomic mass is 9.70. The van der Waals surface area contributed by atoms with Crippen molar-refractivity contribution in [1.82, 2.24) is 4.98 Å². The van der Waals surface area contributed by atoms with E-state index in [1.807, 2.05) is 6.92 Å². The number of aromatic nitrogens is 1. The molecule has 1 aliphatic heterocycles. The van der Waals surface area contributed by atoms with Gasteiger partial charge in [-0.05, 0) is 60.8 Å². The highest BCUT2D eigenvalue weighted by molar-refractivity contribution is 5.50. The van der Waals surface area contributed by atoms with Crippen LogP contribution in [0.15, 0.2) is 24.3 Å². The summed E-state index contributed by atoms with van der Waals surface area (Å²) in [5.74, 6) is 0.0662. The lowest BCUT2D eigenvalue weighted by molar-refractivity contribution is -0.137. The normalized spacial score (nSPS) is 22.5. The number of alkyl halides is 3. The van der Waals surface area contributed by atoms with Gasteiger partial charge in [-0.3, -0.25) is 4.98 Å². The minimum absolute atomic E-state index is 0.0662. The minimum Gasteiger partial charge on any atom is -0.440 e. The van der Waals surface area contributed by atoms with Crippen molar-refractivity contribution < 1.29 is 32.9 Å². The fraction of sp³-hybridized carbons (Fsp3) is 0.593. The Labute approximate surface area is 204 Å². The van der Waals surface area contributed by atoms with Gasteiger partial charge >= 0.3 is 6.18 Å². The largest absolute Gasteiger partial charge is 0.440 e. The molecule has 0 spiro atoms.